The minimum absolute atomic E-state index is 0.0934. The van der Waals surface area contributed by atoms with Crippen molar-refractivity contribution in [3.8, 4) is 0 Å². The monoisotopic (exact) mass is 452 g/mol. The van der Waals surface area contributed by atoms with Crippen LogP contribution in [0.25, 0.3) is 0 Å². The lowest BCUT2D eigenvalue weighted by molar-refractivity contribution is -0.123. The van der Waals surface area contributed by atoms with Gasteiger partial charge in [-0.1, -0.05) is 42.5 Å². The van der Waals surface area contributed by atoms with Gasteiger partial charge in [-0.2, -0.15) is 0 Å². The van der Waals surface area contributed by atoms with Gasteiger partial charge < -0.3 is 10.1 Å². The molecule has 8 nitrogen and oxygen atoms in total. The molecular weight excluding hydrogens is 432 g/mol. The van der Waals surface area contributed by atoms with E-state index in [1.165, 1.54) is 55.5 Å². The molecule has 3 N–H and O–H groups in total. The zero-order valence-corrected chi connectivity index (χ0v) is 17.8. The first-order chi connectivity index (χ1) is 15.1. The number of amides is 1. The number of hydrogen-bond donors (Lipinski definition) is 2. The molecule has 32 heavy (non-hydrogen) atoms. The third-order valence-electron chi connectivity index (χ3n) is 4.52. The summed E-state index contributed by atoms with van der Waals surface area (Å²) in [7, 11) is -3.84. The molecule has 0 aliphatic heterocycles. The van der Waals surface area contributed by atoms with E-state index in [1.54, 1.807) is 24.3 Å². The summed E-state index contributed by atoms with van der Waals surface area (Å²) in [6, 6.07) is 19.9. The smallest absolute Gasteiger partial charge is 0.338 e. The Kier molecular flexibility index (Phi) is 6.82. The maximum absolute atomic E-state index is 12.4. The zero-order valence-electron chi connectivity index (χ0n) is 17.0. The van der Waals surface area contributed by atoms with Crippen LogP contribution < -0.4 is 10.5 Å². The number of primary sulfonamides is 1. The average Bonchev–Trinajstić information content (AvgIpc) is 2.79. The Morgan fingerprint density at radius 3 is 1.91 bits per heavy atom. The van der Waals surface area contributed by atoms with Crippen LogP contribution in [-0.4, -0.2) is 32.2 Å². The minimum atomic E-state index is -3.84. The molecule has 3 aromatic carbocycles. The van der Waals surface area contributed by atoms with E-state index in [4.69, 9.17) is 9.88 Å². The molecule has 0 fully saturated rings. The summed E-state index contributed by atoms with van der Waals surface area (Å²) < 4.78 is 27.7. The van der Waals surface area contributed by atoms with Crippen LogP contribution in [0.5, 0.6) is 0 Å². The first-order valence-electron chi connectivity index (χ1n) is 9.49. The standard InChI is InChI=1S/C23H20N2O6S/c1-15(22(27)25-19-11-13-20(14-12-19)32(24,29)30)31-23(28)18-9-7-17(8-10-18)21(26)16-5-3-2-4-6-16/h2-15H,1H3,(H,25,27)(H2,24,29,30). The van der Waals surface area contributed by atoms with Gasteiger partial charge >= 0.3 is 5.97 Å². The third kappa shape index (κ3) is 5.65. The largest absolute Gasteiger partial charge is 0.449 e. The second kappa shape index (κ2) is 9.54. The number of carbonyl (C=O) groups is 3. The van der Waals surface area contributed by atoms with Gasteiger partial charge in [0.15, 0.2) is 11.9 Å². The SMILES string of the molecule is CC(OC(=O)c1ccc(C(=O)c2ccccc2)cc1)C(=O)Nc1ccc(S(N)(=O)=O)cc1. The molecule has 0 spiro atoms. The first kappa shape index (κ1) is 22.9. The van der Waals surface area contributed by atoms with Crippen LogP contribution >= 0.6 is 0 Å². The molecule has 0 aliphatic carbocycles. The van der Waals surface area contributed by atoms with Crippen LogP contribution in [-0.2, 0) is 19.6 Å². The number of rotatable bonds is 7. The van der Waals surface area contributed by atoms with Gasteiger partial charge in [0.1, 0.15) is 0 Å². The van der Waals surface area contributed by atoms with Crippen LogP contribution in [0.1, 0.15) is 33.2 Å². The topological polar surface area (TPSA) is 133 Å². The molecule has 3 rings (SSSR count). The summed E-state index contributed by atoms with van der Waals surface area (Å²) in [5.41, 5.74) is 1.45. The molecule has 1 amide bonds. The van der Waals surface area contributed by atoms with E-state index < -0.39 is 28.0 Å². The molecule has 0 saturated heterocycles. The van der Waals surface area contributed by atoms with Gasteiger partial charge in [0, 0.05) is 16.8 Å². The molecular formula is C23H20N2O6S. The van der Waals surface area contributed by atoms with Crippen molar-refractivity contribution in [2.24, 2.45) is 5.14 Å². The van der Waals surface area contributed by atoms with E-state index in [0.29, 0.717) is 16.8 Å². The van der Waals surface area contributed by atoms with Crippen molar-refractivity contribution in [1.29, 1.82) is 0 Å². The number of nitrogens with one attached hydrogen (secondary N) is 1. The fourth-order valence-corrected chi connectivity index (χ4v) is 3.28. The van der Waals surface area contributed by atoms with Gasteiger partial charge in [-0.05, 0) is 43.3 Å². The second-order valence-electron chi connectivity index (χ2n) is 6.88. The maximum atomic E-state index is 12.4. The Morgan fingerprint density at radius 1 is 0.812 bits per heavy atom. The normalized spacial score (nSPS) is 11.9. The van der Waals surface area contributed by atoms with Crippen LogP contribution in [0.3, 0.4) is 0 Å². The number of hydrogen-bond acceptors (Lipinski definition) is 6. The Bertz CT molecular complexity index is 1240. The van der Waals surface area contributed by atoms with Crippen LogP contribution in [0.4, 0.5) is 5.69 Å². The van der Waals surface area contributed by atoms with Crippen molar-refractivity contribution in [3.05, 3.63) is 95.6 Å². The van der Waals surface area contributed by atoms with Gasteiger partial charge in [-0.25, -0.2) is 18.4 Å². The van der Waals surface area contributed by atoms with Crippen LogP contribution in [0, 0.1) is 0 Å². The third-order valence-corrected chi connectivity index (χ3v) is 5.45. The second-order valence-corrected chi connectivity index (χ2v) is 8.44. The van der Waals surface area contributed by atoms with Crippen LogP contribution in [0.15, 0.2) is 83.8 Å². The Morgan fingerprint density at radius 2 is 1.34 bits per heavy atom. The number of benzene rings is 3. The molecule has 0 heterocycles. The summed E-state index contributed by atoms with van der Waals surface area (Å²) in [6.45, 7) is 1.40. The van der Waals surface area contributed by atoms with Crippen molar-refractivity contribution in [2.75, 3.05) is 5.32 Å². The van der Waals surface area contributed by atoms with E-state index in [1.807, 2.05) is 6.07 Å². The molecule has 0 aromatic heterocycles. The zero-order chi connectivity index (χ0) is 23.3. The molecule has 0 radical (unpaired) electrons. The number of nitrogens with two attached hydrogens (primary N) is 1. The first-order valence-corrected chi connectivity index (χ1v) is 11.0. The molecule has 9 heteroatoms. The van der Waals surface area contributed by atoms with Gasteiger partial charge in [-0.15, -0.1) is 0 Å². The number of sulfonamides is 1. The Labute approximate surface area is 185 Å². The Hall–Kier alpha value is -3.82. The van der Waals surface area contributed by atoms with Crippen molar-refractivity contribution in [2.45, 2.75) is 17.9 Å². The highest BCUT2D eigenvalue weighted by Gasteiger charge is 2.20. The lowest BCUT2D eigenvalue weighted by Crippen LogP contribution is -2.30. The highest BCUT2D eigenvalue weighted by Crippen LogP contribution is 2.15. The van der Waals surface area contributed by atoms with Gasteiger partial charge in [0.05, 0.1) is 10.5 Å². The van der Waals surface area contributed by atoms with E-state index in [9.17, 15) is 22.8 Å². The highest BCUT2D eigenvalue weighted by atomic mass is 32.2. The number of esters is 1. The number of anilines is 1. The quantitative estimate of drug-likeness (QED) is 0.418. The molecule has 3 aromatic rings. The fraction of sp³-hybridized carbons (Fsp3) is 0.0870. The van der Waals surface area contributed by atoms with Gasteiger partial charge in [-0.3, -0.25) is 9.59 Å². The highest BCUT2D eigenvalue weighted by molar-refractivity contribution is 7.89. The molecule has 0 aliphatic rings. The van der Waals surface area contributed by atoms with Crippen molar-refractivity contribution in [3.63, 3.8) is 0 Å². The number of ketones is 1. The maximum Gasteiger partial charge on any atom is 0.338 e. The van der Waals surface area contributed by atoms with E-state index in [-0.39, 0.29) is 16.2 Å². The summed E-state index contributed by atoms with van der Waals surface area (Å²) in [5.74, 6) is -1.50. The molecule has 1 unspecified atom stereocenters. The predicted octanol–water partition coefficient (Wildman–Crippen LogP) is 2.75. The molecule has 0 bridgehead atoms. The average molecular weight is 452 g/mol. The van der Waals surface area contributed by atoms with Crippen molar-refractivity contribution in [1.82, 2.24) is 0 Å². The number of ether oxygens (including phenoxy) is 1. The summed E-state index contributed by atoms with van der Waals surface area (Å²) in [4.78, 5) is 37.0. The summed E-state index contributed by atoms with van der Waals surface area (Å²) in [6.07, 6.45) is -1.12. The van der Waals surface area contributed by atoms with Gasteiger partial charge in [0.25, 0.3) is 5.91 Å². The summed E-state index contributed by atoms with van der Waals surface area (Å²) in [5, 5.41) is 7.55. The van der Waals surface area contributed by atoms with Crippen LogP contribution in [0.2, 0.25) is 0 Å². The van der Waals surface area contributed by atoms with Crippen molar-refractivity contribution < 1.29 is 27.5 Å². The van der Waals surface area contributed by atoms with E-state index >= 15 is 0 Å². The lowest BCUT2D eigenvalue weighted by Gasteiger charge is -2.14. The number of carbonyl (C=O) groups excluding carboxylic acids is 3. The molecule has 0 saturated carbocycles. The predicted molar refractivity (Wildman–Crippen MR) is 118 cm³/mol. The lowest BCUT2D eigenvalue weighted by atomic mass is 10.0. The Balaban J connectivity index is 1.60. The van der Waals surface area contributed by atoms with Crippen molar-refractivity contribution >= 4 is 33.4 Å². The summed E-state index contributed by atoms with van der Waals surface area (Å²) >= 11 is 0. The molecule has 164 valence electrons. The van der Waals surface area contributed by atoms with E-state index in [2.05, 4.69) is 5.32 Å². The molecule has 1 atom stereocenters. The van der Waals surface area contributed by atoms with E-state index in [0.717, 1.165) is 0 Å². The van der Waals surface area contributed by atoms with Gasteiger partial charge in [0.2, 0.25) is 10.0 Å². The minimum Gasteiger partial charge on any atom is -0.449 e. The fourth-order valence-electron chi connectivity index (χ4n) is 2.77.